The minimum Gasteiger partial charge on any atom is -0.493 e. The van der Waals surface area contributed by atoms with E-state index < -0.39 is 0 Å². The highest BCUT2D eigenvalue weighted by atomic mass is 16.5. The molecular formula is C20H32N2O4. The molecule has 0 saturated carbocycles. The molecule has 2 rings (SSSR count). The number of ether oxygens (including phenoxy) is 3. The molecule has 6 nitrogen and oxygen atoms in total. The van der Waals surface area contributed by atoms with E-state index in [1.807, 2.05) is 30.0 Å². The van der Waals surface area contributed by atoms with E-state index in [0.717, 1.165) is 44.6 Å². The first-order chi connectivity index (χ1) is 12.6. The van der Waals surface area contributed by atoms with Gasteiger partial charge in [-0.1, -0.05) is 13.0 Å². The van der Waals surface area contributed by atoms with Crippen molar-refractivity contribution in [2.75, 3.05) is 40.5 Å². The molecule has 26 heavy (non-hydrogen) atoms. The second-order valence-corrected chi connectivity index (χ2v) is 6.62. The molecule has 1 fully saturated rings. The number of rotatable bonds is 8. The maximum atomic E-state index is 12.8. The van der Waals surface area contributed by atoms with Gasteiger partial charge in [-0.2, -0.15) is 0 Å². The summed E-state index contributed by atoms with van der Waals surface area (Å²) in [5.41, 5.74) is 1.01. The van der Waals surface area contributed by atoms with Crippen molar-refractivity contribution in [2.24, 2.45) is 5.92 Å². The fraction of sp³-hybridized carbons (Fsp3) is 0.650. The normalized spacial score (nSPS) is 16.0. The third kappa shape index (κ3) is 5.27. The number of amides is 2. The average Bonchev–Trinajstić information content (AvgIpc) is 2.70. The molecule has 0 bridgehead atoms. The Bertz CT molecular complexity index is 573. The van der Waals surface area contributed by atoms with E-state index in [1.54, 1.807) is 14.2 Å². The summed E-state index contributed by atoms with van der Waals surface area (Å²) in [6.45, 7) is 7.17. The van der Waals surface area contributed by atoms with Crippen LogP contribution in [0.15, 0.2) is 18.2 Å². The van der Waals surface area contributed by atoms with Crippen LogP contribution in [0, 0.1) is 5.92 Å². The Morgan fingerprint density at radius 1 is 1.23 bits per heavy atom. The van der Waals surface area contributed by atoms with Crippen LogP contribution in [0.4, 0.5) is 4.79 Å². The van der Waals surface area contributed by atoms with Crippen molar-refractivity contribution in [3.63, 3.8) is 0 Å². The number of nitrogens with one attached hydrogen (secondary N) is 1. The fourth-order valence-corrected chi connectivity index (χ4v) is 3.33. The lowest BCUT2D eigenvalue weighted by Gasteiger charge is -2.30. The number of hydrogen-bond acceptors (Lipinski definition) is 4. The summed E-state index contributed by atoms with van der Waals surface area (Å²) in [7, 11) is 3.24. The molecule has 1 atom stereocenters. The number of carbonyl (C=O) groups is 1. The zero-order chi connectivity index (χ0) is 18.9. The number of nitrogens with zero attached hydrogens (tertiary/aromatic N) is 1. The Balaban J connectivity index is 2.03. The third-order valence-electron chi connectivity index (χ3n) is 5.00. The van der Waals surface area contributed by atoms with Crippen molar-refractivity contribution in [1.82, 2.24) is 10.2 Å². The zero-order valence-electron chi connectivity index (χ0n) is 16.4. The molecule has 1 heterocycles. The Kier molecular flexibility index (Phi) is 8.04. The maximum Gasteiger partial charge on any atom is 0.317 e. The highest BCUT2D eigenvalue weighted by molar-refractivity contribution is 5.74. The van der Waals surface area contributed by atoms with Gasteiger partial charge < -0.3 is 24.4 Å². The first-order valence-corrected chi connectivity index (χ1v) is 9.47. The van der Waals surface area contributed by atoms with Gasteiger partial charge in [0.05, 0.1) is 20.3 Å². The Morgan fingerprint density at radius 3 is 2.50 bits per heavy atom. The number of carbonyl (C=O) groups excluding carboxylic acids is 1. The van der Waals surface area contributed by atoms with Gasteiger partial charge in [-0.15, -0.1) is 0 Å². The lowest BCUT2D eigenvalue weighted by Crippen LogP contribution is -2.44. The molecule has 1 aliphatic rings. The van der Waals surface area contributed by atoms with Crippen LogP contribution in [0.5, 0.6) is 11.5 Å². The van der Waals surface area contributed by atoms with E-state index in [-0.39, 0.29) is 12.1 Å². The molecular weight excluding hydrogens is 332 g/mol. The predicted octanol–water partition coefficient (Wildman–Crippen LogP) is 3.61. The van der Waals surface area contributed by atoms with Crippen molar-refractivity contribution in [3.05, 3.63) is 23.8 Å². The van der Waals surface area contributed by atoms with Crippen molar-refractivity contribution >= 4 is 6.03 Å². The van der Waals surface area contributed by atoms with Gasteiger partial charge in [0, 0.05) is 26.3 Å². The van der Waals surface area contributed by atoms with Gasteiger partial charge in [-0.25, -0.2) is 4.79 Å². The molecule has 0 spiro atoms. The van der Waals surface area contributed by atoms with Gasteiger partial charge in [0.25, 0.3) is 0 Å². The highest BCUT2D eigenvalue weighted by Gasteiger charge is 2.22. The Morgan fingerprint density at radius 2 is 1.92 bits per heavy atom. The topological polar surface area (TPSA) is 60.0 Å². The summed E-state index contributed by atoms with van der Waals surface area (Å²) in [5.74, 6) is 1.88. The monoisotopic (exact) mass is 364 g/mol. The molecule has 6 heteroatoms. The quantitative estimate of drug-likeness (QED) is 0.765. The summed E-state index contributed by atoms with van der Waals surface area (Å²) >= 11 is 0. The second kappa shape index (κ2) is 10.3. The van der Waals surface area contributed by atoms with E-state index in [1.165, 1.54) is 0 Å². The fourth-order valence-electron chi connectivity index (χ4n) is 3.33. The summed E-state index contributed by atoms with van der Waals surface area (Å²) < 4.78 is 16.1. The van der Waals surface area contributed by atoms with Crippen molar-refractivity contribution < 1.29 is 19.0 Å². The number of benzene rings is 1. The molecule has 1 saturated heterocycles. The first-order valence-electron chi connectivity index (χ1n) is 9.47. The van der Waals surface area contributed by atoms with Crippen molar-refractivity contribution in [1.29, 1.82) is 0 Å². The molecule has 1 aromatic rings. The van der Waals surface area contributed by atoms with Gasteiger partial charge in [-0.05, 0) is 49.8 Å². The van der Waals surface area contributed by atoms with Gasteiger partial charge in [-0.3, -0.25) is 0 Å². The Hall–Kier alpha value is -1.95. The molecule has 1 aliphatic heterocycles. The second-order valence-electron chi connectivity index (χ2n) is 6.62. The zero-order valence-corrected chi connectivity index (χ0v) is 16.4. The summed E-state index contributed by atoms with van der Waals surface area (Å²) in [4.78, 5) is 14.7. The lowest BCUT2D eigenvalue weighted by atomic mass is 10.00. The molecule has 2 amide bonds. The summed E-state index contributed by atoms with van der Waals surface area (Å²) in [6, 6.07) is 5.71. The van der Waals surface area contributed by atoms with Gasteiger partial charge in [0.2, 0.25) is 0 Å². The van der Waals surface area contributed by atoms with Crippen LogP contribution in [-0.4, -0.2) is 51.5 Å². The Labute approximate surface area is 156 Å². The molecule has 0 aliphatic carbocycles. The smallest absolute Gasteiger partial charge is 0.317 e. The average molecular weight is 364 g/mol. The van der Waals surface area contributed by atoms with Crippen LogP contribution in [0.1, 0.15) is 44.7 Å². The standard InChI is InChI=1S/C20H32N2O4/c1-5-17(16-7-8-18(24-3)19(13-16)25-4)21-20(23)22(6-2)14-15-9-11-26-12-10-15/h7-8,13,15,17H,5-6,9-12,14H2,1-4H3,(H,21,23)/t17-/m0/s1. The number of urea groups is 1. The third-order valence-corrected chi connectivity index (χ3v) is 5.00. The highest BCUT2D eigenvalue weighted by Crippen LogP contribution is 2.31. The molecule has 0 radical (unpaired) electrons. The van der Waals surface area contributed by atoms with Crippen molar-refractivity contribution in [2.45, 2.75) is 39.2 Å². The molecule has 0 aromatic heterocycles. The number of hydrogen-bond donors (Lipinski definition) is 1. The van der Waals surface area contributed by atoms with E-state index in [0.29, 0.717) is 24.0 Å². The van der Waals surface area contributed by atoms with Crippen LogP contribution < -0.4 is 14.8 Å². The van der Waals surface area contributed by atoms with Crippen LogP contribution in [0.3, 0.4) is 0 Å². The van der Waals surface area contributed by atoms with Gasteiger partial charge in [0.15, 0.2) is 11.5 Å². The first kappa shape index (κ1) is 20.4. The molecule has 0 unspecified atom stereocenters. The van der Waals surface area contributed by atoms with E-state index >= 15 is 0 Å². The number of methoxy groups -OCH3 is 2. The molecule has 1 aromatic carbocycles. The van der Waals surface area contributed by atoms with E-state index in [4.69, 9.17) is 14.2 Å². The minimum atomic E-state index is -0.0638. The summed E-state index contributed by atoms with van der Waals surface area (Å²) in [5, 5.41) is 3.17. The van der Waals surface area contributed by atoms with Crippen LogP contribution >= 0.6 is 0 Å². The largest absolute Gasteiger partial charge is 0.493 e. The van der Waals surface area contributed by atoms with E-state index in [9.17, 15) is 4.79 Å². The SMILES string of the molecule is CC[C@H](NC(=O)N(CC)CC1CCOCC1)c1ccc(OC)c(OC)c1. The molecule has 1 N–H and O–H groups in total. The van der Waals surface area contributed by atoms with Crippen molar-refractivity contribution in [3.8, 4) is 11.5 Å². The van der Waals surface area contributed by atoms with Gasteiger partial charge in [0.1, 0.15) is 0 Å². The summed E-state index contributed by atoms with van der Waals surface area (Å²) in [6.07, 6.45) is 2.85. The van der Waals surface area contributed by atoms with E-state index in [2.05, 4.69) is 12.2 Å². The predicted molar refractivity (Wildman–Crippen MR) is 102 cm³/mol. The lowest BCUT2D eigenvalue weighted by molar-refractivity contribution is 0.0566. The molecule has 146 valence electrons. The van der Waals surface area contributed by atoms with Gasteiger partial charge >= 0.3 is 6.03 Å². The minimum absolute atomic E-state index is 0.0133. The van der Waals surface area contributed by atoms with Crippen LogP contribution in [0.25, 0.3) is 0 Å². The van der Waals surface area contributed by atoms with Crippen LogP contribution in [0.2, 0.25) is 0 Å². The van der Waals surface area contributed by atoms with Crippen LogP contribution in [-0.2, 0) is 4.74 Å². The maximum absolute atomic E-state index is 12.8.